The highest BCUT2D eigenvalue weighted by atomic mass is 35.5. The smallest absolute Gasteiger partial charge is 0.256 e. The predicted octanol–water partition coefficient (Wildman–Crippen LogP) is 4.47. The molecule has 1 aromatic carbocycles. The predicted molar refractivity (Wildman–Crippen MR) is 95.8 cm³/mol. The molecule has 124 valence electrons. The average molecular weight is 353 g/mol. The molecule has 0 bridgehead atoms. The summed E-state index contributed by atoms with van der Waals surface area (Å²) in [6.07, 6.45) is 2.88. The summed E-state index contributed by atoms with van der Waals surface area (Å²) < 4.78 is 2.15. The van der Waals surface area contributed by atoms with E-state index in [0.29, 0.717) is 6.54 Å². The first-order valence-electron chi connectivity index (χ1n) is 7.79. The quantitative estimate of drug-likeness (QED) is 0.675. The van der Waals surface area contributed by atoms with Crippen molar-refractivity contribution in [2.45, 2.75) is 44.2 Å². The van der Waals surface area contributed by atoms with Gasteiger partial charge in [0.05, 0.1) is 6.54 Å². The number of hydrogen-bond donors (Lipinski definition) is 0. The summed E-state index contributed by atoms with van der Waals surface area (Å²) in [5.41, 5.74) is 2.29. The van der Waals surface area contributed by atoms with Crippen molar-refractivity contribution in [1.82, 2.24) is 9.47 Å². The molecule has 1 heterocycles. The Morgan fingerprint density at radius 3 is 2.48 bits per heavy atom. The van der Waals surface area contributed by atoms with Crippen LogP contribution in [0.2, 0.25) is 0 Å². The van der Waals surface area contributed by atoms with E-state index in [-0.39, 0.29) is 11.9 Å². The molecule has 0 spiro atoms. The van der Waals surface area contributed by atoms with E-state index in [2.05, 4.69) is 16.7 Å². The summed E-state index contributed by atoms with van der Waals surface area (Å²) in [7, 11) is 0. The number of halogens is 2. The van der Waals surface area contributed by atoms with Gasteiger partial charge in [-0.15, -0.1) is 0 Å². The third kappa shape index (κ3) is 4.76. The summed E-state index contributed by atoms with van der Waals surface area (Å²) in [6.45, 7) is 5.34. The molecule has 0 aliphatic heterocycles. The van der Waals surface area contributed by atoms with Gasteiger partial charge in [0.25, 0.3) is 5.91 Å². The second-order valence-electron chi connectivity index (χ2n) is 5.64. The number of nitrogens with zero attached hydrogens (tertiary/aromatic N) is 2. The topological polar surface area (TPSA) is 25.2 Å². The Balaban J connectivity index is 2.18. The summed E-state index contributed by atoms with van der Waals surface area (Å²) in [5, 5.41) is 0. The molecule has 5 heteroatoms. The minimum Gasteiger partial charge on any atom is -0.345 e. The van der Waals surface area contributed by atoms with Gasteiger partial charge in [0.1, 0.15) is 0 Å². The van der Waals surface area contributed by atoms with Gasteiger partial charge >= 0.3 is 0 Å². The van der Waals surface area contributed by atoms with Crippen LogP contribution < -0.4 is 0 Å². The van der Waals surface area contributed by atoms with Crippen LogP contribution in [0.5, 0.6) is 0 Å². The van der Waals surface area contributed by atoms with E-state index in [4.69, 9.17) is 23.2 Å². The number of carbonyl (C=O) groups is 1. The summed E-state index contributed by atoms with van der Waals surface area (Å²) in [5.74, 6) is -0.241. The van der Waals surface area contributed by atoms with Crippen LogP contribution in [0.4, 0.5) is 0 Å². The SMILES string of the molecule is CCC(C)N(Cc1cccn1Cc1ccccc1)C(=O)C(Cl)Cl. The van der Waals surface area contributed by atoms with Crippen LogP contribution in [0.1, 0.15) is 31.5 Å². The van der Waals surface area contributed by atoms with Crippen molar-refractivity contribution in [1.29, 1.82) is 0 Å². The van der Waals surface area contributed by atoms with Crippen molar-refractivity contribution in [2.24, 2.45) is 0 Å². The molecule has 2 aromatic rings. The van der Waals surface area contributed by atoms with Gasteiger partial charge < -0.3 is 9.47 Å². The van der Waals surface area contributed by atoms with E-state index in [1.54, 1.807) is 4.90 Å². The van der Waals surface area contributed by atoms with E-state index in [1.807, 2.05) is 50.4 Å². The molecule has 0 saturated heterocycles. The molecule has 2 rings (SSSR count). The van der Waals surface area contributed by atoms with Gasteiger partial charge in [0, 0.05) is 24.5 Å². The van der Waals surface area contributed by atoms with Gasteiger partial charge in [0.15, 0.2) is 4.84 Å². The molecule has 1 amide bonds. The van der Waals surface area contributed by atoms with Crippen molar-refractivity contribution in [3.8, 4) is 0 Å². The second-order valence-corrected chi connectivity index (χ2v) is 6.73. The van der Waals surface area contributed by atoms with Crippen LogP contribution >= 0.6 is 23.2 Å². The maximum Gasteiger partial charge on any atom is 0.256 e. The number of benzene rings is 1. The molecule has 0 aliphatic carbocycles. The van der Waals surface area contributed by atoms with Crippen LogP contribution in [0.15, 0.2) is 48.7 Å². The van der Waals surface area contributed by atoms with Crippen LogP contribution in [-0.4, -0.2) is 26.3 Å². The lowest BCUT2D eigenvalue weighted by Crippen LogP contribution is -2.41. The average Bonchev–Trinajstić information content (AvgIpc) is 2.99. The number of amides is 1. The van der Waals surface area contributed by atoms with Crippen molar-refractivity contribution in [3.05, 3.63) is 59.9 Å². The molecule has 0 fully saturated rings. The number of hydrogen-bond acceptors (Lipinski definition) is 1. The zero-order valence-corrected chi connectivity index (χ0v) is 15.0. The summed E-state index contributed by atoms with van der Waals surface area (Å²) >= 11 is 11.6. The molecule has 1 aromatic heterocycles. The zero-order chi connectivity index (χ0) is 16.8. The molecule has 3 nitrogen and oxygen atoms in total. The fraction of sp³-hybridized carbons (Fsp3) is 0.389. The molecular formula is C18H22Cl2N2O. The summed E-state index contributed by atoms with van der Waals surface area (Å²) in [4.78, 5) is 13.0. The normalized spacial score (nSPS) is 12.4. The van der Waals surface area contributed by atoms with Gasteiger partial charge in [0.2, 0.25) is 0 Å². The van der Waals surface area contributed by atoms with Crippen LogP contribution in [0.25, 0.3) is 0 Å². The van der Waals surface area contributed by atoms with Crippen LogP contribution in [-0.2, 0) is 17.9 Å². The molecule has 0 N–H and O–H groups in total. The fourth-order valence-electron chi connectivity index (χ4n) is 2.50. The standard InChI is InChI=1S/C18H22Cl2N2O/c1-3-14(2)22(18(23)17(19)20)13-16-10-7-11-21(16)12-15-8-5-4-6-9-15/h4-11,14,17H,3,12-13H2,1-2H3. The minimum atomic E-state index is -1.03. The van der Waals surface area contributed by atoms with E-state index in [1.165, 1.54) is 5.56 Å². The van der Waals surface area contributed by atoms with E-state index >= 15 is 0 Å². The lowest BCUT2D eigenvalue weighted by Gasteiger charge is -2.29. The highest BCUT2D eigenvalue weighted by Crippen LogP contribution is 2.17. The minimum absolute atomic E-state index is 0.0857. The number of carbonyl (C=O) groups excluding carboxylic acids is 1. The van der Waals surface area contributed by atoms with Crippen molar-refractivity contribution >= 4 is 29.1 Å². The fourth-order valence-corrected chi connectivity index (χ4v) is 2.75. The highest BCUT2D eigenvalue weighted by molar-refractivity contribution is 6.53. The van der Waals surface area contributed by atoms with E-state index in [9.17, 15) is 4.79 Å². The zero-order valence-electron chi connectivity index (χ0n) is 13.5. The largest absolute Gasteiger partial charge is 0.345 e. The second kappa shape index (κ2) is 8.42. The highest BCUT2D eigenvalue weighted by Gasteiger charge is 2.25. The van der Waals surface area contributed by atoms with Crippen molar-refractivity contribution < 1.29 is 4.79 Å². The van der Waals surface area contributed by atoms with Crippen molar-refractivity contribution in [3.63, 3.8) is 0 Å². The van der Waals surface area contributed by atoms with Gasteiger partial charge in [-0.3, -0.25) is 4.79 Å². The third-order valence-electron chi connectivity index (χ3n) is 4.04. The molecule has 0 radical (unpaired) electrons. The van der Waals surface area contributed by atoms with Crippen LogP contribution in [0.3, 0.4) is 0 Å². The van der Waals surface area contributed by atoms with Gasteiger partial charge in [-0.05, 0) is 31.0 Å². The first kappa shape index (κ1) is 17.9. The first-order valence-corrected chi connectivity index (χ1v) is 8.66. The van der Waals surface area contributed by atoms with E-state index in [0.717, 1.165) is 18.7 Å². The maximum atomic E-state index is 12.3. The lowest BCUT2D eigenvalue weighted by molar-refractivity contribution is -0.132. The summed E-state index contributed by atoms with van der Waals surface area (Å²) in [6, 6.07) is 14.4. The molecular weight excluding hydrogens is 331 g/mol. The Bertz CT molecular complexity index is 625. The van der Waals surface area contributed by atoms with Gasteiger partial charge in [-0.25, -0.2) is 0 Å². The van der Waals surface area contributed by atoms with Gasteiger partial charge in [-0.1, -0.05) is 60.5 Å². The Labute approximate surface area is 147 Å². The maximum absolute atomic E-state index is 12.3. The first-order chi connectivity index (χ1) is 11.0. The number of rotatable bonds is 7. The van der Waals surface area contributed by atoms with E-state index < -0.39 is 4.84 Å². The van der Waals surface area contributed by atoms with Crippen molar-refractivity contribution in [2.75, 3.05) is 0 Å². The Kier molecular flexibility index (Phi) is 6.55. The number of alkyl halides is 2. The molecule has 0 aliphatic rings. The molecule has 1 atom stereocenters. The molecule has 1 unspecified atom stereocenters. The monoisotopic (exact) mass is 352 g/mol. The van der Waals surface area contributed by atoms with Gasteiger partial charge in [-0.2, -0.15) is 0 Å². The lowest BCUT2D eigenvalue weighted by atomic mass is 10.2. The number of aromatic nitrogens is 1. The molecule has 0 saturated carbocycles. The Morgan fingerprint density at radius 2 is 1.87 bits per heavy atom. The third-order valence-corrected chi connectivity index (χ3v) is 4.42. The molecule has 23 heavy (non-hydrogen) atoms. The van der Waals surface area contributed by atoms with Crippen LogP contribution in [0, 0.1) is 0 Å². The Morgan fingerprint density at radius 1 is 1.17 bits per heavy atom. The Hall–Kier alpha value is -1.45.